The normalized spacial score (nSPS) is 8.59. The van der Waals surface area contributed by atoms with E-state index in [9.17, 15) is 10.2 Å². The summed E-state index contributed by atoms with van der Waals surface area (Å²) < 4.78 is 0. The van der Waals surface area contributed by atoms with Crippen LogP contribution in [0.3, 0.4) is 0 Å². The molecule has 0 aliphatic rings. The first-order valence-corrected chi connectivity index (χ1v) is 5.42. The summed E-state index contributed by atoms with van der Waals surface area (Å²) >= 11 is 0. The van der Waals surface area contributed by atoms with Crippen molar-refractivity contribution in [1.29, 1.82) is 0 Å². The van der Waals surface area contributed by atoms with Gasteiger partial charge in [0, 0.05) is 176 Å². The van der Waals surface area contributed by atoms with Gasteiger partial charge in [-0.15, -0.1) is 0 Å². The summed E-state index contributed by atoms with van der Waals surface area (Å²) in [6, 6.07) is 0. The molecule has 0 spiro atoms. The summed E-state index contributed by atoms with van der Waals surface area (Å²) in [6.45, 7) is 0. The predicted octanol–water partition coefficient (Wildman–Crippen LogP) is -17.6. The van der Waals surface area contributed by atoms with Crippen LogP contribution in [0.15, 0.2) is 0 Å². The minimum absolute atomic E-state index is 0. The van der Waals surface area contributed by atoms with Crippen LogP contribution in [0, 0.1) is 0 Å². The van der Waals surface area contributed by atoms with Gasteiger partial charge < -0.3 is 126 Å². The van der Waals surface area contributed by atoms with Crippen molar-refractivity contribution in [3.63, 3.8) is 0 Å². The second-order valence-corrected chi connectivity index (χ2v) is 3.26. The zero-order chi connectivity index (χ0) is 20.6. The van der Waals surface area contributed by atoms with Gasteiger partial charge in [0.2, 0.25) is 25.2 Å². The van der Waals surface area contributed by atoms with Crippen LogP contribution in [-0.2, 0) is 174 Å². The standard InChI is InChI=1S/2C2H6O4.2C2H5O4.8H2O.5Y/c4*3-1(4)2(5)6;;;;;;;;;;;;;/h2*1-6H;2*1-5H;8*1H2;;;;;/q;;2*-1;;;;;;;;;;;;;/p+2. The monoisotopic (exact) mass is 965 g/mol. The quantitative estimate of drug-likeness (QED) is 0.0919. The maximum Gasteiger partial charge on any atom is 0.204 e. The molecule has 37 heavy (non-hydrogen) atoms. The summed E-state index contributed by atoms with van der Waals surface area (Å²) in [6.07, 6.45) is -17.0. The van der Waals surface area contributed by atoms with E-state index in [0.717, 1.165) is 0 Å². The average molecular weight is 965 g/mol. The van der Waals surface area contributed by atoms with Gasteiger partial charge in [0.25, 0.3) is 0 Å². The second kappa shape index (κ2) is 77.8. The van der Waals surface area contributed by atoms with E-state index in [-0.39, 0.29) is 207 Å². The minimum Gasteiger partial charge on any atom is -0.828 e. The van der Waals surface area contributed by atoms with Crippen LogP contribution in [0.4, 0.5) is 0 Å². The molecule has 0 fully saturated rings. The first kappa shape index (κ1) is 113. The molecule has 2 atom stereocenters. The van der Waals surface area contributed by atoms with Crippen molar-refractivity contribution in [2.45, 2.75) is 50.3 Å². The molecule has 0 aliphatic carbocycles. The van der Waals surface area contributed by atoms with E-state index >= 15 is 0 Å². The Balaban J connectivity index is -0.00000000860. The molecule has 0 saturated carbocycles. The maximum absolute atomic E-state index is 9.28. The number of rotatable bonds is 4. The Morgan fingerprint density at radius 2 is 0.324 bits per heavy atom. The first-order chi connectivity index (χ1) is 10.6. The molecule has 32 N–H and O–H groups in total. The maximum atomic E-state index is 9.28. The van der Waals surface area contributed by atoms with Crippen LogP contribution in [0.2, 0.25) is 0 Å². The molecule has 29 heteroatoms. The molecule has 0 saturated heterocycles. The van der Waals surface area contributed by atoms with E-state index < -0.39 is 50.3 Å². The smallest absolute Gasteiger partial charge is 0.204 e. The SMILES string of the molecule is O.O.O.O.O.O.OC(O)C(O)O.OC(O)C(O)O.[O-]C(O)C(O)O.[O-]C(O)C(O)O.[OH3+].[OH3+].[Y].[Y].[Y].[Y].[Y]. The summed E-state index contributed by atoms with van der Waals surface area (Å²) in [5.74, 6) is 0. The van der Waals surface area contributed by atoms with E-state index in [4.69, 9.17) is 71.5 Å². The van der Waals surface area contributed by atoms with E-state index in [1.165, 1.54) is 0 Å². The summed E-state index contributed by atoms with van der Waals surface area (Å²) in [7, 11) is 0. The van der Waals surface area contributed by atoms with Gasteiger partial charge in [-0.2, -0.15) is 0 Å². The van der Waals surface area contributed by atoms with Gasteiger partial charge >= 0.3 is 0 Å². The molecule has 0 amide bonds. The van der Waals surface area contributed by atoms with Gasteiger partial charge in [-0.1, -0.05) is 0 Å². The van der Waals surface area contributed by atoms with Crippen molar-refractivity contribution in [1.82, 2.24) is 0 Å². The van der Waals surface area contributed by atoms with Crippen molar-refractivity contribution in [2.75, 3.05) is 0 Å². The molecule has 0 aromatic rings. The molecule has 5 radical (unpaired) electrons. The topological polar surface area (TPSA) is 584 Å². The molecule has 0 heterocycles. The minimum atomic E-state index is -2.29. The third-order valence-corrected chi connectivity index (χ3v) is 1.04. The van der Waals surface area contributed by atoms with Crippen molar-refractivity contribution in [3.8, 4) is 0 Å². The van der Waals surface area contributed by atoms with Gasteiger partial charge in [0.1, 0.15) is 0 Å². The van der Waals surface area contributed by atoms with Crippen molar-refractivity contribution in [2.24, 2.45) is 0 Å². The largest absolute Gasteiger partial charge is 0.828 e. The Hall–Kier alpha value is 4.56. The zero-order valence-electron chi connectivity index (χ0n) is 18.7. The van der Waals surface area contributed by atoms with Gasteiger partial charge in [0.05, 0.1) is 0 Å². The Labute approximate surface area is 334 Å². The molecule has 231 valence electrons. The first-order valence-electron chi connectivity index (χ1n) is 5.42. The van der Waals surface area contributed by atoms with Crippen molar-refractivity contribution >= 4 is 0 Å². The van der Waals surface area contributed by atoms with Crippen LogP contribution < -0.4 is 10.2 Å². The van der Waals surface area contributed by atoms with Crippen molar-refractivity contribution < 1.29 is 289 Å². The number of aliphatic hydroxyl groups excluding tert-OH is 8. The van der Waals surface area contributed by atoms with Crippen LogP contribution in [0.5, 0.6) is 0 Å². The molecule has 2 unspecified atom stereocenters. The van der Waals surface area contributed by atoms with Crippen LogP contribution >= 0.6 is 0 Å². The molecule has 0 bridgehead atoms. The fraction of sp³-hybridized carbons (Fsp3) is 1.00. The summed E-state index contributed by atoms with van der Waals surface area (Å²) in [5, 5.41) is 126. The molecular formula is C8H40O24Y5. The van der Waals surface area contributed by atoms with E-state index in [2.05, 4.69) is 0 Å². The predicted molar refractivity (Wildman–Crippen MR) is 92.8 cm³/mol. The van der Waals surface area contributed by atoms with E-state index in [1.807, 2.05) is 0 Å². The van der Waals surface area contributed by atoms with Gasteiger partial charge in [0.15, 0.2) is 12.6 Å². The number of hydrogen-bond donors (Lipinski definition) is 14. The molecule has 0 aromatic heterocycles. The molecule has 0 aromatic carbocycles. The zero-order valence-corrected chi connectivity index (χ0v) is 32.9. The Morgan fingerprint density at radius 3 is 0.324 bits per heavy atom. The van der Waals surface area contributed by atoms with E-state index in [1.54, 1.807) is 0 Å². The van der Waals surface area contributed by atoms with Crippen LogP contribution in [-0.4, -0.2) is 155 Å². The van der Waals surface area contributed by atoms with Gasteiger partial charge in [-0.3, -0.25) is 0 Å². The Bertz CT molecular complexity index is 179. The Morgan fingerprint density at radius 1 is 0.270 bits per heavy atom. The summed E-state index contributed by atoms with van der Waals surface area (Å²) in [5.41, 5.74) is 0. The number of aliphatic hydroxyl groups is 14. The fourth-order valence-corrected chi connectivity index (χ4v) is 0. The number of hydrogen-bond acceptors (Lipinski definition) is 16. The average Bonchev–Trinajstić information content (AvgIpc) is 2.40. The van der Waals surface area contributed by atoms with E-state index in [0.29, 0.717) is 0 Å². The van der Waals surface area contributed by atoms with Gasteiger partial charge in [-0.05, 0) is 0 Å². The fourth-order valence-electron chi connectivity index (χ4n) is 0. The third kappa shape index (κ3) is 143. The Kier molecular flexibility index (Phi) is 238. The van der Waals surface area contributed by atoms with Gasteiger partial charge in [-0.25, -0.2) is 0 Å². The molecule has 24 nitrogen and oxygen atoms in total. The summed E-state index contributed by atoms with van der Waals surface area (Å²) in [4.78, 5) is 0. The van der Waals surface area contributed by atoms with Crippen LogP contribution in [0.25, 0.3) is 0 Å². The molecular weight excluding hydrogens is 925 g/mol. The second-order valence-electron chi connectivity index (χ2n) is 3.26. The van der Waals surface area contributed by atoms with Crippen LogP contribution in [0.1, 0.15) is 0 Å². The molecule has 0 rings (SSSR count). The molecule has 0 aliphatic heterocycles. The van der Waals surface area contributed by atoms with Crippen molar-refractivity contribution in [3.05, 3.63) is 0 Å². The third-order valence-electron chi connectivity index (χ3n) is 1.04.